The molecule has 1 fully saturated rings. The molecule has 1 heterocycles. The summed E-state index contributed by atoms with van der Waals surface area (Å²) >= 11 is 4.15. The third kappa shape index (κ3) is 3.16. The van der Waals surface area contributed by atoms with E-state index in [1.165, 1.54) is 42.9 Å². The van der Waals surface area contributed by atoms with Crippen LogP contribution < -0.4 is 11.3 Å². The Labute approximate surface area is 101 Å². The van der Waals surface area contributed by atoms with Crippen LogP contribution in [0.3, 0.4) is 0 Å². The predicted molar refractivity (Wildman–Crippen MR) is 71.2 cm³/mol. The molecule has 0 bridgehead atoms. The number of nitrogens with two attached hydrogens (primary N) is 1. The molecule has 2 nitrogen and oxygen atoms in total. The molecular weight excluding hydrogens is 224 g/mol. The number of hydrogen-bond acceptors (Lipinski definition) is 4. The Morgan fingerprint density at radius 1 is 1.40 bits per heavy atom. The van der Waals surface area contributed by atoms with Crippen molar-refractivity contribution >= 4 is 23.5 Å². The van der Waals surface area contributed by atoms with Gasteiger partial charge in [0.15, 0.2) is 0 Å². The van der Waals surface area contributed by atoms with Gasteiger partial charge in [-0.2, -0.15) is 23.5 Å². The molecule has 0 radical (unpaired) electrons. The second kappa shape index (κ2) is 6.18. The van der Waals surface area contributed by atoms with Crippen molar-refractivity contribution in [2.24, 2.45) is 5.84 Å². The predicted octanol–water partition coefficient (Wildman–Crippen LogP) is 2.17. The molecule has 0 aromatic heterocycles. The molecule has 86 valence electrons. The zero-order chi connectivity index (χ0) is 10.5. The fraction of sp³-hybridized carbons (Fsp3) is 0.818. The van der Waals surface area contributed by atoms with Crippen LogP contribution in [-0.2, 0) is 0 Å². The molecule has 0 aromatic rings. The summed E-state index contributed by atoms with van der Waals surface area (Å²) in [6.45, 7) is 0. The molecule has 2 rings (SSSR count). The lowest BCUT2D eigenvalue weighted by atomic mass is 9.93. The van der Waals surface area contributed by atoms with Crippen LogP contribution in [0.4, 0.5) is 0 Å². The summed E-state index contributed by atoms with van der Waals surface area (Å²) in [7, 11) is 0. The molecule has 4 heteroatoms. The molecule has 0 aromatic carbocycles. The Hall–Kier alpha value is 0.360. The Balaban J connectivity index is 1.98. The van der Waals surface area contributed by atoms with Crippen molar-refractivity contribution in [3.63, 3.8) is 0 Å². The van der Waals surface area contributed by atoms with Crippen molar-refractivity contribution in [3.8, 4) is 0 Å². The van der Waals surface area contributed by atoms with E-state index >= 15 is 0 Å². The van der Waals surface area contributed by atoms with Gasteiger partial charge in [-0.25, -0.2) is 0 Å². The van der Waals surface area contributed by atoms with Gasteiger partial charge in [-0.05, 0) is 25.7 Å². The highest BCUT2D eigenvalue weighted by Crippen LogP contribution is 2.31. The maximum absolute atomic E-state index is 5.72. The molecule has 15 heavy (non-hydrogen) atoms. The van der Waals surface area contributed by atoms with Crippen molar-refractivity contribution in [3.05, 3.63) is 11.6 Å². The van der Waals surface area contributed by atoms with Gasteiger partial charge in [0, 0.05) is 22.5 Å². The summed E-state index contributed by atoms with van der Waals surface area (Å²) in [5, 5.41) is 0.679. The molecule has 1 aliphatic carbocycles. The molecule has 2 unspecified atom stereocenters. The van der Waals surface area contributed by atoms with E-state index in [1.54, 1.807) is 5.57 Å². The van der Waals surface area contributed by atoms with Gasteiger partial charge in [0.1, 0.15) is 0 Å². The fourth-order valence-corrected chi connectivity index (χ4v) is 5.17. The maximum Gasteiger partial charge on any atom is 0.0546 e. The van der Waals surface area contributed by atoms with Crippen molar-refractivity contribution in [1.29, 1.82) is 0 Å². The molecular formula is C11H20N2S2. The Kier molecular flexibility index (Phi) is 4.88. The zero-order valence-electron chi connectivity index (χ0n) is 9.08. The molecule has 0 spiro atoms. The van der Waals surface area contributed by atoms with Gasteiger partial charge in [-0.15, -0.1) is 0 Å². The van der Waals surface area contributed by atoms with Gasteiger partial charge >= 0.3 is 0 Å². The minimum Gasteiger partial charge on any atom is -0.271 e. The summed E-state index contributed by atoms with van der Waals surface area (Å²) in [5.41, 5.74) is 4.60. The monoisotopic (exact) mass is 244 g/mol. The standard InChI is InChI=1S/C11H20N2S2/c12-13-11(9-4-2-1-3-5-9)10-8-14-6-7-15-10/h4,10-11,13H,1-3,5-8,12H2. The topological polar surface area (TPSA) is 38.0 Å². The quantitative estimate of drug-likeness (QED) is 0.453. The van der Waals surface area contributed by atoms with Crippen LogP contribution in [0.5, 0.6) is 0 Å². The van der Waals surface area contributed by atoms with E-state index in [0.717, 1.165) is 0 Å². The lowest BCUT2D eigenvalue weighted by Gasteiger charge is -2.32. The highest BCUT2D eigenvalue weighted by Gasteiger charge is 2.26. The minimum atomic E-state index is 0.420. The van der Waals surface area contributed by atoms with E-state index in [9.17, 15) is 0 Å². The van der Waals surface area contributed by atoms with Crippen LogP contribution in [0.2, 0.25) is 0 Å². The lowest BCUT2D eigenvalue weighted by Crippen LogP contribution is -2.46. The van der Waals surface area contributed by atoms with Crippen LogP contribution in [0, 0.1) is 0 Å². The van der Waals surface area contributed by atoms with Crippen LogP contribution in [0.25, 0.3) is 0 Å². The Morgan fingerprint density at radius 3 is 2.93 bits per heavy atom. The van der Waals surface area contributed by atoms with Crippen LogP contribution in [0.15, 0.2) is 11.6 Å². The van der Waals surface area contributed by atoms with Crippen molar-refractivity contribution in [1.82, 2.24) is 5.43 Å². The molecule has 1 aliphatic heterocycles. The molecule has 1 saturated heterocycles. The van der Waals surface area contributed by atoms with Gasteiger partial charge in [-0.3, -0.25) is 11.3 Å². The first-order chi connectivity index (χ1) is 7.42. The van der Waals surface area contributed by atoms with Gasteiger partial charge in [0.05, 0.1) is 6.04 Å². The molecule has 2 atom stereocenters. The largest absolute Gasteiger partial charge is 0.271 e. The van der Waals surface area contributed by atoms with E-state index in [-0.39, 0.29) is 0 Å². The van der Waals surface area contributed by atoms with Crippen LogP contribution in [-0.4, -0.2) is 28.6 Å². The second-order valence-corrected chi connectivity index (χ2v) is 6.65. The molecule has 3 N–H and O–H groups in total. The number of hydrogen-bond donors (Lipinski definition) is 2. The highest BCUT2D eigenvalue weighted by atomic mass is 32.2. The van der Waals surface area contributed by atoms with E-state index in [2.05, 4.69) is 35.0 Å². The third-order valence-electron chi connectivity index (χ3n) is 3.12. The van der Waals surface area contributed by atoms with Crippen LogP contribution in [0.1, 0.15) is 25.7 Å². The van der Waals surface area contributed by atoms with Crippen molar-refractivity contribution in [2.45, 2.75) is 37.0 Å². The summed E-state index contributed by atoms with van der Waals surface area (Å²) < 4.78 is 0. The molecule has 2 aliphatic rings. The third-order valence-corrected chi connectivity index (χ3v) is 5.98. The van der Waals surface area contributed by atoms with E-state index in [4.69, 9.17) is 5.84 Å². The van der Waals surface area contributed by atoms with Gasteiger partial charge in [0.25, 0.3) is 0 Å². The SMILES string of the molecule is NNC(C1=CCCCC1)C1CSCCS1. The second-order valence-electron chi connectivity index (χ2n) is 4.15. The van der Waals surface area contributed by atoms with Crippen molar-refractivity contribution < 1.29 is 0 Å². The van der Waals surface area contributed by atoms with Crippen molar-refractivity contribution in [2.75, 3.05) is 17.3 Å². The average molecular weight is 244 g/mol. The maximum atomic E-state index is 5.72. The average Bonchev–Trinajstić information content (AvgIpc) is 2.33. The van der Waals surface area contributed by atoms with E-state index < -0.39 is 0 Å². The van der Waals surface area contributed by atoms with Gasteiger partial charge in [-0.1, -0.05) is 11.6 Å². The van der Waals surface area contributed by atoms with Gasteiger partial charge in [0.2, 0.25) is 0 Å². The summed E-state index contributed by atoms with van der Waals surface area (Å²) in [5.74, 6) is 9.55. The molecule has 0 saturated carbocycles. The normalized spacial score (nSPS) is 29.7. The Bertz CT molecular complexity index is 225. The summed E-state index contributed by atoms with van der Waals surface area (Å²) in [6, 6.07) is 0.420. The first-order valence-corrected chi connectivity index (χ1v) is 7.96. The number of hydrazine groups is 1. The summed E-state index contributed by atoms with van der Waals surface area (Å²) in [6.07, 6.45) is 7.60. The van der Waals surface area contributed by atoms with E-state index in [1.807, 2.05) is 0 Å². The number of rotatable bonds is 3. The van der Waals surface area contributed by atoms with Crippen LogP contribution >= 0.6 is 23.5 Å². The first kappa shape index (κ1) is 11.8. The molecule has 0 amide bonds. The minimum absolute atomic E-state index is 0.420. The number of nitrogens with one attached hydrogen (secondary N) is 1. The fourth-order valence-electron chi connectivity index (χ4n) is 2.30. The zero-order valence-corrected chi connectivity index (χ0v) is 10.7. The summed E-state index contributed by atoms with van der Waals surface area (Å²) in [4.78, 5) is 0. The van der Waals surface area contributed by atoms with E-state index in [0.29, 0.717) is 11.3 Å². The lowest BCUT2D eigenvalue weighted by molar-refractivity contribution is 0.543. The smallest absolute Gasteiger partial charge is 0.0546 e. The first-order valence-electron chi connectivity index (χ1n) is 5.76. The Morgan fingerprint density at radius 2 is 2.33 bits per heavy atom. The van der Waals surface area contributed by atoms with Gasteiger partial charge < -0.3 is 0 Å². The number of allylic oxidation sites excluding steroid dienone is 1. The number of thioether (sulfide) groups is 2. The highest BCUT2D eigenvalue weighted by molar-refractivity contribution is 8.06.